The van der Waals surface area contributed by atoms with Gasteiger partial charge in [0.15, 0.2) is 0 Å². The molecule has 4 heteroatoms. The van der Waals surface area contributed by atoms with Crippen molar-refractivity contribution < 1.29 is 14.7 Å². The van der Waals surface area contributed by atoms with Crippen molar-refractivity contribution in [3.05, 3.63) is 107 Å². The van der Waals surface area contributed by atoms with Gasteiger partial charge in [0, 0.05) is 0 Å². The zero-order valence-corrected chi connectivity index (χ0v) is 31.7. The zero-order valence-electron chi connectivity index (χ0n) is 30.8. The molecule has 0 saturated carbocycles. The van der Waals surface area contributed by atoms with Gasteiger partial charge in [-0.15, -0.1) is 0 Å². The number of fused-ring (bicyclic) bond motifs is 2. The van der Waals surface area contributed by atoms with Gasteiger partial charge in [-0.05, 0) is 0 Å². The van der Waals surface area contributed by atoms with Crippen LogP contribution in [-0.4, -0.2) is 14.7 Å². The molecule has 0 aliphatic heterocycles. The molecule has 0 saturated heterocycles. The van der Waals surface area contributed by atoms with Crippen molar-refractivity contribution in [2.75, 3.05) is 0 Å². The molecule has 0 aliphatic rings. The summed E-state index contributed by atoms with van der Waals surface area (Å²) in [5.41, 5.74) is 6.66. The van der Waals surface area contributed by atoms with Crippen LogP contribution in [-0.2, 0) is 21.7 Å². The molecular formula is C43H55O3P. The standard InChI is InChI=1S/C43H55O3P/c1-27-14-19-34(26-35(27)36-22-28-15-17-32(40(2,3)4)20-30(28)23-37(36)42(8,9)10)47(44,45,46)39-25-29-16-18-33(41(5,6)7)21-31(29)24-38(39)43(11,12)13/h14-26,44-46H,1-13H3. The van der Waals surface area contributed by atoms with Crippen molar-refractivity contribution in [2.45, 2.75) is 112 Å². The first kappa shape index (κ1) is 35.2. The Balaban J connectivity index is 1.77. The van der Waals surface area contributed by atoms with Crippen molar-refractivity contribution in [1.29, 1.82) is 0 Å². The van der Waals surface area contributed by atoms with Crippen LogP contribution in [0.4, 0.5) is 0 Å². The predicted molar refractivity (Wildman–Crippen MR) is 206 cm³/mol. The summed E-state index contributed by atoms with van der Waals surface area (Å²) < 4.78 is 0. The van der Waals surface area contributed by atoms with Gasteiger partial charge < -0.3 is 0 Å². The van der Waals surface area contributed by atoms with E-state index in [1.54, 1.807) is 12.1 Å². The molecule has 0 unspecified atom stereocenters. The van der Waals surface area contributed by atoms with Crippen LogP contribution in [0.1, 0.15) is 111 Å². The van der Waals surface area contributed by atoms with Crippen LogP contribution in [0.15, 0.2) is 78.9 Å². The minimum atomic E-state index is -5.62. The van der Waals surface area contributed by atoms with Crippen LogP contribution in [0, 0.1) is 6.92 Å². The number of rotatable bonds is 3. The van der Waals surface area contributed by atoms with E-state index < -0.39 is 12.7 Å². The third kappa shape index (κ3) is 6.66. The molecule has 0 amide bonds. The molecule has 5 aromatic carbocycles. The third-order valence-corrected chi connectivity index (χ3v) is 12.2. The fourth-order valence-electron chi connectivity index (χ4n) is 6.60. The monoisotopic (exact) mass is 650 g/mol. The van der Waals surface area contributed by atoms with Crippen molar-refractivity contribution in [2.24, 2.45) is 0 Å². The number of hydrogen-bond acceptors (Lipinski definition) is 3. The van der Waals surface area contributed by atoms with Gasteiger partial charge >= 0.3 is 284 Å². The van der Waals surface area contributed by atoms with Gasteiger partial charge in [-0.1, -0.05) is 0 Å². The number of aryl methyl sites for hydroxylation is 1. The molecule has 3 nitrogen and oxygen atoms in total. The maximum absolute atomic E-state index is 12.3. The summed E-state index contributed by atoms with van der Waals surface area (Å²) in [4.78, 5) is 37.0. The van der Waals surface area contributed by atoms with Crippen molar-refractivity contribution in [3.63, 3.8) is 0 Å². The first-order valence-electron chi connectivity index (χ1n) is 16.8. The second-order valence-corrected chi connectivity index (χ2v) is 20.8. The molecule has 0 aliphatic carbocycles. The Morgan fingerprint density at radius 2 is 0.894 bits per heavy atom. The molecule has 0 spiro atoms. The van der Waals surface area contributed by atoms with Crippen molar-refractivity contribution in [1.82, 2.24) is 0 Å². The average molecular weight is 651 g/mol. The Morgan fingerprint density at radius 3 is 1.36 bits per heavy atom. The van der Waals surface area contributed by atoms with Gasteiger partial charge in [0.2, 0.25) is 0 Å². The SMILES string of the molecule is Cc1ccc(P(O)(O)(O)c2cc3ccc(C(C)(C)C)cc3cc2C(C)(C)C)cc1-c1cc2ccc(C(C)(C)C)cc2cc1C(C)(C)C. The van der Waals surface area contributed by atoms with E-state index in [4.69, 9.17) is 0 Å². The molecule has 0 heterocycles. The number of hydrogen-bond donors (Lipinski definition) is 3. The van der Waals surface area contributed by atoms with E-state index in [-0.39, 0.29) is 26.9 Å². The Labute approximate surface area is 282 Å². The predicted octanol–water partition coefficient (Wildman–Crippen LogP) is 10.4. The topological polar surface area (TPSA) is 60.7 Å². The Hall–Kier alpha value is -3.07. The molecule has 5 aromatic rings. The molecular weight excluding hydrogens is 595 g/mol. The van der Waals surface area contributed by atoms with Gasteiger partial charge in [-0.25, -0.2) is 0 Å². The van der Waals surface area contributed by atoms with Crippen LogP contribution >= 0.6 is 7.28 Å². The van der Waals surface area contributed by atoms with E-state index in [9.17, 15) is 14.7 Å². The first-order valence-corrected chi connectivity index (χ1v) is 18.9. The summed E-state index contributed by atoms with van der Waals surface area (Å²) in [5, 5.41) is 4.52. The molecule has 5 rings (SSSR count). The zero-order chi connectivity index (χ0) is 35.1. The molecule has 0 radical (unpaired) electrons. The normalized spacial score (nSPS) is 14.4. The molecule has 3 N–H and O–H groups in total. The van der Waals surface area contributed by atoms with Crippen LogP contribution in [0.2, 0.25) is 0 Å². The average Bonchev–Trinajstić information content (AvgIpc) is 2.93. The molecule has 47 heavy (non-hydrogen) atoms. The van der Waals surface area contributed by atoms with Gasteiger partial charge in [0.05, 0.1) is 0 Å². The van der Waals surface area contributed by atoms with E-state index in [1.807, 2.05) is 52.0 Å². The fraction of sp³-hybridized carbons (Fsp3) is 0.395. The van der Waals surface area contributed by atoms with Crippen LogP contribution in [0.5, 0.6) is 0 Å². The second kappa shape index (κ2) is 11.0. The second-order valence-electron chi connectivity index (χ2n) is 17.9. The summed E-state index contributed by atoms with van der Waals surface area (Å²) in [6.07, 6.45) is 0. The first-order chi connectivity index (χ1) is 21.3. The van der Waals surface area contributed by atoms with Gasteiger partial charge in [0.1, 0.15) is 0 Å². The van der Waals surface area contributed by atoms with Crippen LogP contribution < -0.4 is 10.6 Å². The van der Waals surface area contributed by atoms with E-state index in [0.717, 1.165) is 38.4 Å². The fourth-order valence-corrected chi connectivity index (χ4v) is 8.81. The number of benzene rings is 5. The van der Waals surface area contributed by atoms with E-state index in [2.05, 4.69) is 105 Å². The van der Waals surface area contributed by atoms with Gasteiger partial charge in [-0.2, -0.15) is 0 Å². The molecule has 0 aromatic heterocycles. The van der Waals surface area contributed by atoms with Crippen molar-refractivity contribution >= 4 is 39.4 Å². The Morgan fingerprint density at radius 1 is 0.426 bits per heavy atom. The molecule has 0 atom stereocenters. The molecule has 0 bridgehead atoms. The van der Waals surface area contributed by atoms with E-state index >= 15 is 0 Å². The van der Waals surface area contributed by atoms with Gasteiger partial charge in [0.25, 0.3) is 0 Å². The minimum absolute atomic E-state index is 0.0270. The van der Waals surface area contributed by atoms with E-state index in [0.29, 0.717) is 0 Å². The molecule has 0 fully saturated rings. The maximum atomic E-state index is 12.3. The summed E-state index contributed by atoms with van der Waals surface area (Å²) in [6.45, 7) is 28.1. The summed E-state index contributed by atoms with van der Waals surface area (Å²) in [5.74, 6) is 0. The van der Waals surface area contributed by atoms with Crippen LogP contribution in [0.25, 0.3) is 32.7 Å². The Bertz CT molecular complexity index is 2010. The summed E-state index contributed by atoms with van der Waals surface area (Å²) in [6, 6.07) is 26.7. The Kier molecular flexibility index (Phi) is 8.23. The van der Waals surface area contributed by atoms with Crippen LogP contribution in [0.3, 0.4) is 0 Å². The van der Waals surface area contributed by atoms with E-state index in [1.165, 1.54) is 22.1 Å². The van der Waals surface area contributed by atoms with Crippen molar-refractivity contribution in [3.8, 4) is 11.1 Å². The van der Waals surface area contributed by atoms with Gasteiger partial charge in [-0.3, -0.25) is 0 Å². The quantitative estimate of drug-likeness (QED) is 0.170. The third-order valence-electron chi connectivity index (χ3n) is 9.71. The summed E-state index contributed by atoms with van der Waals surface area (Å²) >= 11 is 0. The summed E-state index contributed by atoms with van der Waals surface area (Å²) in [7, 11) is -5.62. The molecule has 250 valence electrons.